The minimum absolute atomic E-state index is 0.329. The van der Waals surface area contributed by atoms with Crippen LogP contribution in [-0.2, 0) is 12.4 Å². The Hall–Kier alpha value is -16.2. The van der Waals surface area contributed by atoms with Crippen molar-refractivity contribution in [3.05, 3.63) is 411 Å². The van der Waals surface area contributed by atoms with Gasteiger partial charge in [0, 0.05) is 0 Å². The predicted molar refractivity (Wildman–Crippen MR) is 504 cm³/mol. The van der Waals surface area contributed by atoms with Gasteiger partial charge in [0.05, 0.1) is 39.6 Å². The number of fused-ring (bicyclic) bond motifs is 6. The third-order valence-corrected chi connectivity index (χ3v) is 23.3. The van der Waals surface area contributed by atoms with E-state index in [2.05, 4.69) is 36.4 Å². The lowest BCUT2D eigenvalue weighted by molar-refractivity contribution is -0.138. The molecule has 0 N–H and O–H groups in total. The van der Waals surface area contributed by atoms with Crippen LogP contribution in [0.3, 0.4) is 0 Å². The van der Waals surface area contributed by atoms with E-state index >= 15 is 0 Å². The van der Waals surface area contributed by atoms with E-state index in [1.165, 1.54) is 48.5 Å². The minimum Gasteiger partial charge on any atom is -0.497 e. The number of benzene rings is 20. The second-order valence-electron chi connectivity index (χ2n) is 31.1. The molecule has 0 unspecified atom stereocenters. The van der Waals surface area contributed by atoms with Gasteiger partial charge in [-0.3, -0.25) is 0 Å². The summed E-state index contributed by atoms with van der Waals surface area (Å²) in [6.07, 6.45) is -9.28. The molecule has 16 heteroatoms. The third-order valence-electron chi connectivity index (χ3n) is 23.3. The summed E-state index contributed by atoms with van der Waals surface area (Å²) in [4.78, 5) is 0. The normalized spacial score (nSPS) is 11.5. The van der Waals surface area contributed by atoms with E-state index in [1.54, 1.807) is 28.4 Å². The van der Waals surface area contributed by atoms with Crippen molar-refractivity contribution in [2.24, 2.45) is 0 Å². The zero-order valence-corrected chi connectivity index (χ0v) is 70.2. The summed E-state index contributed by atoms with van der Waals surface area (Å²) < 4.78 is 165. The SMILES string of the molecule is COc1ccc(-c2c3ccc(OC)cc3c(-c3ccc(F)cc3)c3c(-c4ccc(OC)cc4)c4ccc(OC)cc4c(-c4ccc(F)cc4)c23)cc1.FC(F)(F)c1ccc(-c2c3cc(Oc4ccccc4)ccc3c(-c3ccc(Oc4ccccc4)cc3)c3c(-c4ccc(C(F)(F)F)cc4)c4cc(Oc5ccccc5)ccc4c(-c4ccc(Oc5ccccc5)cc4)c23)cc1. The smallest absolute Gasteiger partial charge is 0.416 e. The molecule has 20 rings (SSSR count). The van der Waals surface area contributed by atoms with Gasteiger partial charge in [0.2, 0.25) is 0 Å². The molecule has 20 aromatic carbocycles. The average molecular weight is 1730 g/mol. The summed E-state index contributed by atoms with van der Waals surface area (Å²) in [5.74, 6) is 6.56. The van der Waals surface area contributed by atoms with Gasteiger partial charge >= 0.3 is 12.4 Å². The number of ether oxygens (including phenoxy) is 8. The summed E-state index contributed by atoms with van der Waals surface area (Å²) in [6.45, 7) is 0. The Balaban J connectivity index is 0.000000183. The number of hydrogen-bond acceptors (Lipinski definition) is 8. The van der Waals surface area contributed by atoms with Crippen molar-refractivity contribution in [2.45, 2.75) is 12.4 Å². The van der Waals surface area contributed by atoms with Gasteiger partial charge in [-0.2, -0.15) is 26.3 Å². The van der Waals surface area contributed by atoms with Crippen molar-refractivity contribution in [3.63, 3.8) is 0 Å². The van der Waals surface area contributed by atoms with E-state index in [1.807, 2.05) is 279 Å². The van der Waals surface area contributed by atoms with Crippen molar-refractivity contribution in [3.8, 4) is 158 Å². The fourth-order valence-corrected chi connectivity index (χ4v) is 17.4. The molecule has 0 atom stereocenters. The van der Waals surface area contributed by atoms with E-state index in [4.69, 9.17) is 37.9 Å². The first-order valence-corrected chi connectivity index (χ1v) is 41.8. The summed E-state index contributed by atoms with van der Waals surface area (Å²) >= 11 is 0. The molecule has 0 saturated carbocycles. The van der Waals surface area contributed by atoms with Gasteiger partial charge in [-0.15, -0.1) is 0 Å². The molecule has 0 spiro atoms. The summed E-state index contributed by atoms with van der Waals surface area (Å²) in [5.41, 5.74) is 10.5. The molecule has 0 bridgehead atoms. The maximum Gasteiger partial charge on any atom is 0.416 e. The highest BCUT2D eigenvalue weighted by molar-refractivity contribution is 6.36. The van der Waals surface area contributed by atoms with Crippen LogP contribution in [0.5, 0.6) is 69.0 Å². The molecule has 0 fully saturated rings. The lowest BCUT2D eigenvalue weighted by atomic mass is 9.77. The van der Waals surface area contributed by atoms with Crippen LogP contribution in [0, 0.1) is 11.6 Å². The summed E-state index contributed by atoms with van der Waals surface area (Å²) in [6, 6.07) is 115. The van der Waals surface area contributed by atoms with Crippen molar-refractivity contribution in [1.82, 2.24) is 0 Å². The van der Waals surface area contributed by atoms with E-state index in [0.29, 0.717) is 134 Å². The Labute approximate surface area is 743 Å². The van der Waals surface area contributed by atoms with Crippen LogP contribution in [0.15, 0.2) is 388 Å². The molecule has 0 aliphatic rings. The highest BCUT2D eigenvalue weighted by atomic mass is 19.4. The molecule has 0 heterocycles. The van der Waals surface area contributed by atoms with Crippen LogP contribution in [0.1, 0.15) is 11.1 Å². The van der Waals surface area contributed by atoms with Crippen molar-refractivity contribution in [2.75, 3.05) is 28.4 Å². The number of para-hydroxylation sites is 4. The Morgan fingerprint density at radius 2 is 0.346 bits per heavy atom. The lowest BCUT2D eigenvalue weighted by Crippen LogP contribution is -2.04. The first-order valence-electron chi connectivity index (χ1n) is 41.8. The molecule has 8 nitrogen and oxygen atoms in total. The van der Waals surface area contributed by atoms with Gasteiger partial charge < -0.3 is 37.9 Å². The van der Waals surface area contributed by atoms with Gasteiger partial charge in [0.25, 0.3) is 0 Å². The van der Waals surface area contributed by atoms with Crippen LogP contribution in [0.2, 0.25) is 0 Å². The molecule has 130 heavy (non-hydrogen) atoms. The number of hydrogen-bond donors (Lipinski definition) is 0. The molecule has 0 amide bonds. The van der Waals surface area contributed by atoms with Gasteiger partial charge in [-0.25, -0.2) is 8.78 Å². The zero-order chi connectivity index (χ0) is 89.3. The predicted octanol–water partition coefficient (Wildman–Crippen LogP) is 33.1. The number of methoxy groups -OCH3 is 4. The van der Waals surface area contributed by atoms with Gasteiger partial charge in [-0.05, 0) is 348 Å². The summed E-state index contributed by atoms with van der Waals surface area (Å²) in [5, 5.41) is 9.49. The van der Waals surface area contributed by atoms with Crippen LogP contribution in [0.25, 0.3) is 154 Å². The second kappa shape index (κ2) is 35.3. The molecular formula is C114H76F8O8. The highest BCUT2D eigenvalue weighted by Gasteiger charge is 2.35. The average Bonchev–Trinajstić information content (AvgIpc) is 0.696. The van der Waals surface area contributed by atoms with Gasteiger partial charge in [0.1, 0.15) is 80.6 Å². The van der Waals surface area contributed by atoms with Crippen molar-refractivity contribution in [1.29, 1.82) is 0 Å². The Morgan fingerprint density at radius 3 is 0.577 bits per heavy atom. The quantitative estimate of drug-likeness (QED) is 0.0552. The van der Waals surface area contributed by atoms with Crippen LogP contribution in [0.4, 0.5) is 35.1 Å². The van der Waals surface area contributed by atoms with Crippen LogP contribution < -0.4 is 37.9 Å². The van der Waals surface area contributed by atoms with E-state index in [9.17, 15) is 35.1 Å². The molecule has 0 aliphatic carbocycles. The molecule has 20 aromatic rings. The van der Waals surface area contributed by atoms with E-state index in [-0.39, 0.29) is 11.6 Å². The topological polar surface area (TPSA) is 73.8 Å². The molecule has 0 aliphatic heterocycles. The van der Waals surface area contributed by atoms with Crippen molar-refractivity contribution < 1.29 is 73.0 Å². The maximum atomic E-state index is 14.6. The van der Waals surface area contributed by atoms with Crippen LogP contribution >= 0.6 is 0 Å². The minimum atomic E-state index is -4.64. The highest BCUT2D eigenvalue weighted by Crippen LogP contribution is 2.58. The first kappa shape index (κ1) is 83.4. The fourth-order valence-electron chi connectivity index (χ4n) is 17.4. The number of rotatable bonds is 20. The number of alkyl halides is 6. The Morgan fingerprint density at radius 1 is 0.169 bits per heavy atom. The monoisotopic (exact) mass is 1720 g/mol. The van der Waals surface area contributed by atoms with Gasteiger partial charge in [0.15, 0.2) is 0 Å². The van der Waals surface area contributed by atoms with Gasteiger partial charge in [-0.1, -0.05) is 194 Å². The van der Waals surface area contributed by atoms with Crippen molar-refractivity contribution >= 4 is 64.6 Å². The lowest BCUT2D eigenvalue weighted by Gasteiger charge is -2.26. The Kier molecular flexibility index (Phi) is 22.6. The zero-order valence-electron chi connectivity index (χ0n) is 70.2. The largest absolute Gasteiger partial charge is 0.497 e. The van der Waals surface area contributed by atoms with Crippen LogP contribution in [-0.4, -0.2) is 28.4 Å². The van der Waals surface area contributed by atoms with E-state index < -0.39 is 23.5 Å². The Bertz CT molecular complexity index is 7120. The third kappa shape index (κ3) is 16.6. The maximum absolute atomic E-state index is 14.6. The molecular weight excluding hydrogens is 1650 g/mol. The number of halogens is 8. The fraction of sp³-hybridized carbons (Fsp3) is 0.0526. The molecule has 0 saturated heterocycles. The first-order chi connectivity index (χ1) is 63.3. The summed E-state index contributed by atoms with van der Waals surface area (Å²) in [7, 11) is 6.61. The molecule has 0 radical (unpaired) electrons. The standard InChI is InChI=1S/C68H42F6O4.C46H34F2O4/c69-67(70,71)47-29-21-43(22-30-47)63-60-42-56(78-52-19-11-4-12-20-52)38-40-58(60)62(46-27-35-54(36-28-46)76-50-15-7-2-8-16-50)66-64(44-23-31-48(32-24-44)68(72,73)74)59-41-55(77-51-17-9-3-10-18-51)37-39-57(59)61(65(63)66)45-25-33-53(34-26-45)75-49-13-5-1-6-14-49;1-49-33-17-9-29(10-18-33)41-37-23-21-35(51-3)25-39(37)44(28-7-15-32(48)16-8-28)46-42(30-11-19-34(50-2)20-12-30)38-24-22-36(52-4)26-40(38)43(45(41)46)27-5-13-31(47)14-6-27/h1-42H;5-26H,1-4H3. The van der Waals surface area contributed by atoms with E-state index in [0.717, 1.165) is 113 Å². The second-order valence-corrected chi connectivity index (χ2v) is 31.1. The molecule has 636 valence electrons. The molecule has 0 aromatic heterocycles.